The fourth-order valence-electron chi connectivity index (χ4n) is 1.50. The van der Waals surface area contributed by atoms with Gasteiger partial charge in [-0.2, -0.15) is 5.26 Å². The van der Waals surface area contributed by atoms with Crippen molar-refractivity contribution in [1.29, 1.82) is 5.26 Å². The summed E-state index contributed by atoms with van der Waals surface area (Å²) < 4.78 is 5.22. The Bertz CT molecular complexity index is 653. The van der Waals surface area contributed by atoms with Crippen LogP contribution >= 0.6 is 0 Å². The minimum atomic E-state index is -1.45. The number of nitrogens with zero attached hydrogens (tertiary/aromatic N) is 2. The summed E-state index contributed by atoms with van der Waals surface area (Å²) in [6.07, 6.45) is 0.0571. The first-order valence-corrected chi connectivity index (χ1v) is 6.37. The molecule has 0 saturated carbocycles. The van der Waals surface area contributed by atoms with E-state index in [0.29, 0.717) is 0 Å². The van der Waals surface area contributed by atoms with Crippen molar-refractivity contribution >= 4 is 23.4 Å². The molecule has 0 saturated heterocycles. The molecular weight excluding hydrogens is 286 g/mol. The van der Waals surface area contributed by atoms with Crippen LogP contribution in [0.1, 0.15) is 20.8 Å². The molecule has 1 rings (SSSR count). The molecule has 0 bridgehead atoms. The number of ether oxygens (including phenoxy) is 1. The molecule has 0 aromatic heterocycles. The lowest BCUT2D eigenvalue weighted by Crippen LogP contribution is -2.34. The van der Waals surface area contributed by atoms with Crippen LogP contribution in [-0.2, 0) is 9.53 Å². The molecule has 1 amide bonds. The van der Waals surface area contributed by atoms with Gasteiger partial charge < -0.3 is 15.6 Å². The first-order chi connectivity index (χ1) is 10.2. The molecule has 7 heteroatoms. The Labute approximate surface area is 128 Å². The predicted molar refractivity (Wildman–Crippen MR) is 80.9 cm³/mol. The van der Waals surface area contributed by atoms with Crippen molar-refractivity contribution in [2.24, 2.45) is 0 Å². The zero-order valence-electron chi connectivity index (χ0n) is 12.5. The van der Waals surface area contributed by atoms with Gasteiger partial charge in [0.05, 0.1) is 11.4 Å². The van der Waals surface area contributed by atoms with Crippen LogP contribution < -0.4 is 10.6 Å². The zero-order chi connectivity index (χ0) is 16.9. The summed E-state index contributed by atoms with van der Waals surface area (Å²) >= 11 is 0. The summed E-state index contributed by atoms with van der Waals surface area (Å²) in [5, 5.41) is 17.8. The van der Waals surface area contributed by atoms with Gasteiger partial charge in [0.15, 0.2) is 5.57 Å². The van der Waals surface area contributed by atoms with Gasteiger partial charge in [-0.05, 0) is 32.9 Å². The van der Waals surface area contributed by atoms with Crippen LogP contribution in [0.2, 0.25) is 0 Å². The maximum atomic E-state index is 12.3. The molecule has 0 unspecified atom stereocenters. The molecule has 22 heavy (non-hydrogen) atoms. The Hall–Kier alpha value is -3.01. The minimum Gasteiger partial charge on any atom is -0.477 e. The molecule has 0 heterocycles. The quantitative estimate of drug-likeness (QED) is 0.503. The third kappa shape index (κ3) is 4.52. The first kappa shape index (κ1) is 17.0. The Kier molecular flexibility index (Phi) is 5.13. The highest BCUT2D eigenvalue weighted by molar-refractivity contribution is 5.98. The molecule has 1 aromatic rings. The second kappa shape index (κ2) is 6.63. The minimum absolute atomic E-state index is 0.228. The van der Waals surface area contributed by atoms with E-state index in [1.54, 1.807) is 39.0 Å². The Morgan fingerprint density at radius 2 is 1.95 bits per heavy atom. The van der Waals surface area contributed by atoms with E-state index < -0.39 is 23.2 Å². The average Bonchev–Trinajstić information content (AvgIpc) is 2.38. The van der Waals surface area contributed by atoms with Crippen molar-refractivity contribution in [2.75, 3.05) is 10.6 Å². The van der Waals surface area contributed by atoms with Crippen molar-refractivity contribution in [2.45, 2.75) is 26.4 Å². The zero-order valence-corrected chi connectivity index (χ0v) is 12.5. The number of carbonyl (C=O) groups excluding carboxylic acids is 1. The number of para-hydroxylation sites is 2. The molecule has 116 valence electrons. The topological polar surface area (TPSA) is 117 Å². The Morgan fingerprint density at radius 3 is 2.41 bits per heavy atom. The van der Waals surface area contributed by atoms with Crippen molar-refractivity contribution < 1.29 is 19.4 Å². The van der Waals surface area contributed by atoms with Gasteiger partial charge >= 0.3 is 12.1 Å². The number of hydrogen-bond donors (Lipinski definition) is 2. The van der Waals surface area contributed by atoms with E-state index in [0.717, 1.165) is 11.1 Å². The number of nitrogen functional groups attached to an aromatic ring is 1. The number of rotatable bonds is 3. The fraction of sp³-hybridized carbons (Fsp3) is 0.267. The van der Waals surface area contributed by atoms with Gasteiger partial charge in [0.1, 0.15) is 11.7 Å². The number of carbonyl (C=O) groups is 2. The van der Waals surface area contributed by atoms with Gasteiger partial charge in [0.2, 0.25) is 0 Å². The number of amides is 1. The lowest BCUT2D eigenvalue weighted by molar-refractivity contribution is -0.132. The maximum absolute atomic E-state index is 12.3. The fourth-order valence-corrected chi connectivity index (χ4v) is 1.50. The monoisotopic (exact) mass is 303 g/mol. The summed E-state index contributed by atoms with van der Waals surface area (Å²) in [6, 6.07) is 7.87. The Balaban J connectivity index is 3.34. The molecule has 7 nitrogen and oxygen atoms in total. The van der Waals surface area contributed by atoms with E-state index in [2.05, 4.69) is 0 Å². The van der Waals surface area contributed by atoms with Crippen molar-refractivity contribution in [3.8, 4) is 6.07 Å². The van der Waals surface area contributed by atoms with Crippen LogP contribution in [-0.4, -0.2) is 22.8 Å². The number of carboxylic acids is 1. The first-order valence-electron chi connectivity index (χ1n) is 6.37. The smallest absolute Gasteiger partial charge is 0.419 e. The molecule has 0 aliphatic carbocycles. The highest BCUT2D eigenvalue weighted by Crippen LogP contribution is 2.25. The van der Waals surface area contributed by atoms with Crippen LogP contribution in [0.5, 0.6) is 0 Å². The molecule has 0 radical (unpaired) electrons. The number of anilines is 2. The van der Waals surface area contributed by atoms with Gasteiger partial charge in [-0.25, -0.2) is 14.5 Å². The number of aliphatic carboxylic acids is 1. The van der Waals surface area contributed by atoms with Gasteiger partial charge in [-0.1, -0.05) is 12.1 Å². The standard InChI is InChI=1S/C15H17N3O4/c1-15(2,3)22-14(21)18(9-10(8-16)13(19)20)12-7-5-4-6-11(12)17/h4-7,9H,17H2,1-3H3,(H,19,20)/b10-9+. The summed E-state index contributed by atoms with van der Waals surface area (Å²) in [6.45, 7) is 5.01. The predicted octanol–water partition coefficient (Wildman–Crippen LogP) is 2.50. The second-order valence-electron chi connectivity index (χ2n) is 5.37. The summed E-state index contributed by atoms with van der Waals surface area (Å²) in [5.74, 6) is -1.45. The number of carboxylic acid groups (broad SMARTS) is 1. The molecular formula is C15H17N3O4. The van der Waals surface area contributed by atoms with Crippen LogP contribution in [0.15, 0.2) is 36.0 Å². The van der Waals surface area contributed by atoms with Gasteiger partial charge in [-0.15, -0.1) is 0 Å². The van der Waals surface area contributed by atoms with Crippen molar-refractivity contribution in [1.82, 2.24) is 0 Å². The van der Waals surface area contributed by atoms with Gasteiger partial charge in [0.25, 0.3) is 0 Å². The molecule has 0 aliphatic heterocycles. The number of nitrogens with two attached hydrogens (primary N) is 1. The van der Waals surface area contributed by atoms with E-state index in [1.165, 1.54) is 12.1 Å². The molecule has 0 fully saturated rings. The van der Waals surface area contributed by atoms with E-state index in [4.69, 9.17) is 20.8 Å². The summed E-state index contributed by atoms with van der Waals surface area (Å²) in [7, 11) is 0. The van der Waals surface area contributed by atoms with Gasteiger partial charge in [-0.3, -0.25) is 0 Å². The normalized spacial score (nSPS) is 11.5. The van der Waals surface area contributed by atoms with Crippen LogP contribution in [0, 0.1) is 11.3 Å². The second-order valence-corrected chi connectivity index (χ2v) is 5.37. The SMILES string of the molecule is CC(C)(C)OC(=O)N(/C=C(\C#N)C(=O)O)c1ccccc1N. The average molecular weight is 303 g/mol. The van der Waals surface area contributed by atoms with Crippen molar-refractivity contribution in [3.05, 3.63) is 36.0 Å². The lowest BCUT2D eigenvalue weighted by Gasteiger charge is -2.26. The number of nitriles is 1. The third-order valence-electron chi connectivity index (χ3n) is 2.40. The molecule has 0 spiro atoms. The Morgan fingerprint density at radius 1 is 1.36 bits per heavy atom. The molecule has 0 atom stereocenters. The molecule has 3 N–H and O–H groups in total. The van der Waals surface area contributed by atoms with Crippen LogP contribution in [0.25, 0.3) is 0 Å². The van der Waals surface area contributed by atoms with E-state index in [1.807, 2.05) is 0 Å². The summed E-state index contributed by atoms with van der Waals surface area (Å²) in [5.41, 5.74) is 4.87. The number of hydrogen-bond acceptors (Lipinski definition) is 5. The van der Waals surface area contributed by atoms with E-state index >= 15 is 0 Å². The highest BCUT2D eigenvalue weighted by Gasteiger charge is 2.25. The highest BCUT2D eigenvalue weighted by atomic mass is 16.6. The largest absolute Gasteiger partial charge is 0.477 e. The third-order valence-corrected chi connectivity index (χ3v) is 2.40. The van der Waals surface area contributed by atoms with Crippen molar-refractivity contribution in [3.63, 3.8) is 0 Å². The van der Waals surface area contributed by atoms with E-state index in [-0.39, 0.29) is 11.4 Å². The van der Waals surface area contributed by atoms with Crippen LogP contribution in [0.4, 0.5) is 16.2 Å². The van der Waals surface area contributed by atoms with Gasteiger partial charge in [0, 0.05) is 6.20 Å². The van der Waals surface area contributed by atoms with E-state index in [9.17, 15) is 9.59 Å². The lowest BCUT2D eigenvalue weighted by atomic mass is 10.2. The molecule has 0 aliphatic rings. The number of benzene rings is 1. The van der Waals surface area contributed by atoms with Crippen LogP contribution in [0.3, 0.4) is 0 Å². The maximum Gasteiger partial charge on any atom is 0.419 e. The molecule has 1 aromatic carbocycles. The summed E-state index contributed by atoms with van der Waals surface area (Å²) in [4.78, 5) is 24.2.